The second kappa shape index (κ2) is 7.33. The average molecular weight is 424 g/mol. The number of ether oxygens (including phenoxy) is 2. The van der Waals surface area contributed by atoms with Crippen LogP contribution in [-0.4, -0.2) is 43.9 Å². The second-order valence-electron chi connectivity index (χ2n) is 7.29. The lowest BCUT2D eigenvalue weighted by atomic mass is 10.1. The maximum absolute atomic E-state index is 13.0. The number of aliphatic hydroxyl groups is 1. The van der Waals surface area contributed by atoms with Crippen LogP contribution in [0.5, 0.6) is 5.88 Å². The summed E-state index contributed by atoms with van der Waals surface area (Å²) in [5.41, 5.74) is 2.03. The quantitative estimate of drug-likeness (QED) is 0.540. The standard InChI is InChI=1S/C21H20N4O4S/c1-11-14(3-4-16(23-11)29-13-6-9-28-10-7-13)25-15-5-8-22-20-17(15)18(24-21(25)27)19(30-20)12(2)26/h3-5,8,13,26H,6-7,9-10H2,1-2H3. The van der Waals surface area contributed by atoms with Crippen molar-refractivity contribution in [2.45, 2.75) is 32.8 Å². The Kier molecular flexibility index (Phi) is 4.63. The summed E-state index contributed by atoms with van der Waals surface area (Å²) in [6.45, 7) is 4.81. The molecule has 0 aliphatic carbocycles. The maximum Gasteiger partial charge on any atom is 0.353 e. The molecule has 0 aromatic carbocycles. The van der Waals surface area contributed by atoms with Gasteiger partial charge in [0, 0.05) is 25.1 Å². The van der Waals surface area contributed by atoms with Crippen LogP contribution in [0.3, 0.4) is 0 Å². The van der Waals surface area contributed by atoms with Crippen LogP contribution in [0.1, 0.15) is 25.5 Å². The molecular formula is C21H20N4O4S. The molecule has 0 spiro atoms. The summed E-state index contributed by atoms with van der Waals surface area (Å²) >= 11 is 1.32. The molecule has 1 N–H and O–H groups in total. The van der Waals surface area contributed by atoms with Crippen LogP contribution in [0.15, 0.2) is 29.2 Å². The van der Waals surface area contributed by atoms with E-state index in [9.17, 15) is 9.90 Å². The molecule has 9 heteroatoms. The van der Waals surface area contributed by atoms with E-state index in [1.807, 2.05) is 13.0 Å². The molecule has 4 aromatic heterocycles. The van der Waals surface area contributed by atoms with Crippen LogP contribution in [0, 0.1) is 6.92 Å². The highest BCUT2D eigenvalue weighted by Gasteiger charge is 2.19. The van der Waals surface area contributed by atoms with Crippen molar-refractivity contribution in [1.29, 1.82) is 0 Å². The zero-order valence-corrected chi connectivity index (χ0v) is 17.4. The number of thiophene rings is 1. The van der Waals surface area contributed by atoms with Crippen molar-refractivity contribution in [2.24, 2.45) is 0 Å². The van der Waals surface area contributed by atoms with E-state index in [1.54, 1.807) is 29.8 Å². The first kappa shape index (κ1) is 19.0. The molecule has 0 bridgehead atoms. The molecule has 5 heterocycles. The van der Waals surface area contributed by atoms with E-state index in [1.165, 1.54) is 11.3 Å². The Balaban J connectivity index is 1.65. The summed E-state index contributed by atoms with van der Waals surface area (Å²) in [6.07, 6.45) is 3.43. The van der Waals surface area contributed by atoms with Gasteiger partial charge in [0.05, 0.1) is 40.0 Å². The van der Waals surface area contributed by atoms with Gasteiger partial charge < -0.3 is 14.6 Å². The number of nitrogens with zero attached hydrogens (tertiary/aromatic N) is 4. The van der Waals surface area contributed by atoms with Crippen molar-refractivity contribution in [3.63, 3.8) is 0 Å². The molecule has 1 aliphatic rings. The van der Waals surface area contributed by atoms with Gasteiger partial charge in [0.25, 0.3) is 0 Å². The molecule has 8 nitrogen and oxygen atoms in total. The monoisotopic (exact) mass is 424 g/mol. The molecule has 1 fully saturated rings. The van der Waals surface area contributed by atoms with Crippen molar-refractivity contribution in [1.82, 2.24) is 19.5 Å². The second-order valence-corrected chi connectivity index (χ2v) is 8.29. The largest absolute Gasteiger partial charge is 0.511 e. The van der Waals surface area contributed by atoms with E-state index in [4.69, 9.17) is 9.47 Å². The van der Waals surface area contributed by atoms with E-state index in [2.05, 4.69) is 15.0 Å². The van der Waals surface area contributed by atoms with Gasteiger partial charge >= 0.3 is 5.69 Å². The number of hydrogen-bond acceptors (Lipinski definition) is 8. The number of hydrogen-bond donors (Lipinski definition) is 1. The molecule has 0 saturated carbocycles. The Morgan fingerprint density at radius 3 is 2.80 bits per heavy atom. The number of rotatable bonds is 3. The Hall–Kier alpha value is -3.04. The maximum atomic E-state index is 13.0. The average Bonchev–Trinajstić information content (AvgIpc) is 3.10. The highest BCUT2D eigenvalue weighted by molar-refractivity contribution is 7.17. The summed E-state index contributed by atoms with van der Waals surface area (Å²) in [7, 11) is 0. The Bertz CT molecular complexity index is 1370. The van der Waals surface area contributed by atoms with E-state index >= 15 is 0 Å². The summed E-state index contributed by atoms with van der Waals surface area (Å²) < 4.78 is 13.5. The topological polar surface area (TPSA) is 99.4 Å². The van der Waals surface area contributed by atoms with Crippen LogP contribution in [0.4, 0.5) is 0 Å². The minimum atomic E-state index is -0.432. The number of aromatic nitrogens is 4. The molecule has 1 aliphatic heterocycles. The van der Waals surface area contributed by atoms with E-state index < -0.39 is 5.69 Å². The third kappa shape index (κ3) is 3.10. The van der Waals surface area contributed by atoms with Crippen molar-refractivity contribution in [3.05, 3.63) is 45.1 Å². The zero-order chi connectivity index (χ0) is 20.8. The van der Waals surface area contributed by atoms with Gasteiger partial charge in [0.2, 0.25) is 5.88 Å². The smallest absolute Gasteiger partial charge is 0.353 e. The molecule has 4 aromatic rings. The number of pyridine rings is 2. The molecular weight excluding hydrogens is 404 g/mol. The lowest BCUT2D eigenvalue weighted by Crippen LogP contribution is -2.26. The summed E-state index contributed by atoms with van der Waals surface area (Å²) in [5.74, 6) is 0.657. The van der Waals surface area contributed by atoms with Gasteiger partial charge in [0.1, 0.15) is 22.2 Å². The van der Waals surface area contributed by atoms with Gasteiger partial charge in [-0.1, -0.05) is 0 Å². The van der Waals surface area contributed by atoms with Gasteiger partial charge in [0.15, 0.2) is 0 Å². The van der Waals surface area contributed by atoms with Crippen LogP contribution >= 0.6 is 11.3 Å². The minimum absolute atomic E-state index is 0.0905. The first-order valence-electron chi connectivity index (χ1n) is 9.75. The van der Waals surface area contributed by atoms with Crippen molar-refractivity contribution in [3.8, 4) is 11.6 Å². The molecule has 154 valence electrons. The number of aryl methyl sites for hydroxylation is 1. The van der Waals surface area contributed by atoms with Gasteiger partial charge in [-0.15, -0.1) is 11.3 Å². The Morgan fingerprint density at radius 2 is 2.07 bits per heavy atom. The fourth-order valence-electron chi connectivity index (χ4n) is 3.81. The predicted molar refractivity (Wildman–Crippen MR) is 114 cm³/mol. The Morgan fingerprint density at radius 1 is 1.27 bits per heavy atom. The van der Waals surface area contributed by atoms with Crippen LogP contribution in [0.2, 0.25) is 0 Å². The van der Waals surface area contributed by atoms with E-state index in [0.717, 1.165) is 23.1 Å². The minimum Gasteiger partial charge on any atom is -0.511 e. The van der Waals surface area contributed by atoms with Crippen molar-refractivity contribution in [2.75, 3.05) is 13.2 Å². The molecule has 0 amide bonds. The molecule has 0 atom stereocenters. The van der Waals surface area contributed by atoms with Crippen molar-refractivity contribution >= 4 is 38.3 Å². The molecule has 30 heavy (non-hydrogen) atoms. The molecule has 0 unspecified atom stereocenters. The highest BCUT2D eigenvalue weighted by Crippen LogP contribution is 2.27. The first-order valence-corrected chi connectivity index (χ1v) is 10.6. The predicted octanol–water partition coefficient (Wildman–Crippen LogP) is 2.66. The van der Waals surface area contributed by atoms with Crippen LogP contribution in [-0.2, 0) is 4.74 Å². The summed E-state index contributed by atoms with van der Waals surface area (Å²) in [5, 5.41) is 10.8. The first-order chi connectivity index (χ1) is 14.5. The van der Waals surface area contributed by atoms with Gasteiger partial charge in [-0.25, -0.2) is 14.8 Å². The van der Waals surface area contributed by atoms with Gasteiger partial charge in [-0.2, -0.15) is 4.98 Å². The SMILES string of the molecule is CC(O)=c1sc2nccc3c2c1nc(=O)n3-c1ccc(OC2CCOCC2)nc1C. The van der Waals surface area contributed by atoms with E-state index in [-0.39, 0.29) is 11.9 Å². The van der Waals surface area contributed by atoms with Crippen molar-refractivity contribution < 1.29 is 14.6 Å². The summed E-state index contributed by atoms with van der Waals surface area (Å²) in [4.78, 5) is 27.0. The molecule has 1 saturated heterocycles. The van der Waals surface area contributed by atoms with Crippen LogP contribution in [0.25, 0.3) is 32.7 Å². The normalized spacial score (nSPS) is 16.3. The zero-order valence-electron chi connectivity index (χ0n) is 16.6. The third-order valence-electron chi connectivity index (χ3n) is 5.24. The van der Waals surface area contributed by atoms with Gasteiger partial charge in [-0.3, -0.25) is 4.57 Å². The summed E-state index contributed by atoms with van der Waals surface area (Å²) in [6, 6.07) is 5.40. The lowest BCUT2D eigenvalue weighted by molar-refractivity contribution is 0.0237. The molecule has 0 radical (unpaired) electrons. The highest BCUT2D eigenvalue weighted by atomic mass is 32.1. The van der Waals surface area contributed by atoms with E-state index in [0.29, 0.717) is 46.0 Å². The third-order valence-corrected chi connectivity index (χ3v) is 6.44. The fourth-order valence-corrected chi connectivity index (χ4v) is 4.81. The lowest BCUT2D eigenvalue weighted by Gasteiger charge is -2.23. The van der Waals surface area contributed by atoms with Crippen LogP contribution < -0.4 is 15.0 Å². The molecule has 5 rings (SSSR count). The fraction of sp³-hybridized carbons (Fsp3) is 0.333. The number of aliphatic hydroxyl groups excluding tert-OH is 1. The van der Waals surface area contributed by atoms with Gasteiger partial charge in [-0.05, 0) is 26.0 Å². The Labute approximate surface area is 175 Å².